The molecule has 0 fully saturated rings. The van der Waals surface area contributed by atoms with E-state index in [9.17, 15) is 0 Å². The zero-order valence-electron chi connectivity index (χ0n) is 9.64. The quantitative estimate of drug-likeness (QED) is 0.335. The topological polar surface area (TPSA) is 62.4 Å². The molecule has 4 nitrogen and oxygen atoms in total. The number of benzene rings is 1. The van der Waals surface area contributed by atoms with Crippen molar-refractivity contribution in [3.63, 3.8) is 0 Å². The highest BCUT2D eigenvalue weighted by atomic mass is 32.2. The maximum absolute atomic E-state index is 5.73. The minimum absolute atomic E-state index is 0.467. The molecule has 0 amide bonds. The van der Waals surface area contributed by atoms with Crippen molar-refractivity contribution in [3.8, 4) is 0 Å². The summed E-state index contributed by atoms with van der Waals surface area (Å²) in [5, 5.41) is 7.83. The van der Waals surface area contributed by atoms with Crippen molar-refractivity contribution in [2.24, 2.45) is 10.8 Å². The minimum Gasteiger partial charge on any atom is -0.377 e. The fraction of sp³-hybridized carbons (Fsp3) is 0.273. The predicted octanol–water partition coefficient (Wildman–Crippen LogP) is 1.63. The summed E-state index contributed by atoms with van der Waals surface area (Å²) >= 11 is 6.42. The number of hydrogen-bond donors (Lipinski definition) is 3. The lowest BCUT2D eigenvalue weighted by Gasteiger charge is -2.05. The molecule has 0 heterocycles. The summed E-state index contributed by atoms with van der Waals surface area (Å²) in [6.07, 6.45) is 0. The molecule has 0 saturated heterocycles. The first-order valence-corrected chi connectivity index (χ1v) is 6.65. The third-order valence-corrected chi connectivity index (χ3v) is 2.93. The van der Waals surface area contributed by atoms with Crippen molar-refractivity contribution < 1.29 is 0 Å². The SMILES string of the molecule is CCNC(=S)N/N=C(\N)SCc1ccccc1. The highest BCUT2D eigenvalue weighted by Crippen LogP contribution is 2.10. The Labute approximate surface area is 111 Å². The maximum Gasteiger partial charge on any atom is 0.187 e. The van der Waals surface area contributed by atoms with Crippen LogP contribution in [0.4, 0.5) is 0 Å². The predicted molar refractivity (Wildman–Crippen MR) is 78.8 cm³/mol. The molecule has 0 aromatic heterocycles. The molecule has 0 bridgehead atoms. The number of nitrogens with zero attached hydrogens (tertiary/aromatic N) is 1. The molecule has 0 radical (unpaired) electrons. The smallest absolute Gasteiger partial charge is 0.187 e. The van der Waals surface area contributed by atoms with E-state index in [0.29, 0.717) is 10.3 Å². The molecular weight excluding hydrogens is 252 g/mol. The second kappa shape index (κ2) is 7.92. The fourth-order valence-corrected chi connectivity index (χ4v) is 1.88. The summed E-state index contributed by atoms with van der Waals surface area (Å²) in [5.41, 5.74) is 9.62. The average molecular weight is 268 g/mol. The molecule has 4 N–H and O–H groups in total. The number of nitrogens with two attached hydrogens (primary N) is 1. The number of nitrogens with one attached hydrogen (secondary N) is 2. The molecule has 1 aromatic carbocycles. The van der Waals surface area contributed by atoms with Crippen molar-refractivity contribution in [1.29, 1.82) is 0 Å². The van der Waals surface area contributed by atoms with Crippen LogP contribution in [-0.4, -0.2) is 16.8 Å². The van der Waals surface area contributed by atoms with Gasteiger partial charge in [0.15, 0.2) is 10.3 Å². The molecule has 1 rings (SSSR count). The van der Waals surface area contributed by atoms with Crippen LogP contribution in [0.2, 0.25) is 0 Å². The molecule has 0 spiro atoms. The summed E-state index contributed by atoms with van der Waals surface area (Å²) in [7, 11) is 0. The maximum atomic E-state index is 5.73. The first kappa shape index (κ1) is 13.8. The van der Waals surface area contributed by atoms with E-state index < -0.39 is 0 Å². The Kier molecular flexibility index (Phi) is 6.42. The summed E-state index contributed by atoms with van der Waals surface area (Å²) in [6, 6.07) is 10.1. The Morgan fingerprint density at radius 3 is 2.76 bits per heavy atom. The molecule has 17 heavy (non-hydrogen) atoms. The van der Waals surface area contributed by atoms with Gasteiger partial charge in [0.1, 0.15) is 0 Å². The first-order chi connectivity index (χ1) is 8.22. The van der Waals surface area contributed by atoms with Gasteiger partial charge in [-0.15, -0.1) is 5.10 Å². The number of thiocarbonyl (C=S) groups is 1. The van der Waals surface area contributed by atoms with Crippen molar-refractivity contribution >= 4 is 34.3 Å². The molecule has 0 unspecified atom stereocenters. The van der Waals surface area contributed by atoms with Gasteiger partial charge in [-0.2, -0.15) is 0 Å². The van der Waals surface area contributed by atoms with Gasteiger partial charge < -0.3 is 11.1 Å². The molecular formula is C11H16N4S2. The van der Waals surface area contributed by atoms with E-state index in [-0.39, 0.29) is 0 Å². The lowest BCUT2D eigenvalue weighted by Crippen LogP contribution is -2.32. The van der Waals surface area contributed by atoms with Crippen LogP contribution >= 0.6 is 24.0 Å². The molecule has 0 atom stereocenters. The molecule has 0 aliphatic heterocycles. The number of amidine groups is 1. The number of hydrogen-bond acceptors (Lipinski definition) is 3. The summed E-state index contributed by atoms with van der Waals surface area (Å²) in [4.78, 5) is 0. The van der Waals surface area contributed by atoms with Crippen LogP contribution < -0.4 is 16.5 Å². The van der Waals surface area contributed by atoms with Crippen LogP contribution in [0.5, 0.6) is 0 Å². The number of thioether (sulfide) groups is 1. The van der Waals surface area contributed by atoms with Crippen LogP contribution in [-0.2, 0) is 5.75 Å². The van der Waals surface area contributed by atoms with Crippen LogP contribution in [0.3, 0.4) is 0 Å². The highest BCUT2D eigenvalue weighted by Gasteiger charge is 1.97. The lowest BCUT2D eigenvalue weighted by molar-refractivity contribution is 0.902. The summed E-state index contributed by atoms with van der Waals surface area (Å²) in [5.74, 6) is 0.797. The zero-order chi connectivity index (χ0) is 12.5. The van der Waals surface area contributed by atoms with Gasteiger partial charge >= 0.3 is 0 Å². The molecule has 1 aromatic rings. The Balaban J connectivity index is 2.31. The van der Waals surface area contributed by atoms with Crippen molar-refractivity contribution in [1.82, 2.24) is 10.7 Å². The van der Waals surface area contributed by atoms with Gasteiger partial charge in [0, 0.05) is 12.3 Å². The largest absolute Gasteiger partial charge is 0.377 e. The van der Waals surface area contributed by atoms with Gasteiger partial charge in [0.2, 0.25) is 0 Å². The van der Waals surface area contributed by atoms with E-state index >= 15 is 0 Å². The Hall–Kier alpha value is -1.27. The lowest BCUT2D eigenvalue weighted by atomic mass is 10.2. The van der Waals surface area contributed by atoms with Gasteiger partial charge in [0.25, 0.3) is 0 Å². The van der Waals surface area contributed by atoms with E-state index in [0.717, 1.165) is 12.3 Å². The summed E-state index contributed by atoms with van der Waals surface area (Å²) < 4.78 is 0. The Bertz CT molecular complexity index is 378. The van der Waals surface area contributed by atoms with Gasteiger partial charge in [0.05, 0.1) is 0 Å². The Morgan fingerprint density at radius 2 is 2.12 bits per heavy atom. The first-order valence-electron chi connectivity index (χ1n) is 5.26. The fourth-order valence-electron chi connectivity index (χ4n) is 1.07. The number of hydrazone groups is 1. The molecule has 0 aliphatic rings. The standard InChI is InChI=1S/C11H16N4S2/c1-2-13-11(16)15-14-10(12)17-8-9-6-4-3-5-7-9/h3-7H,2,8H2,1H3,(H2,12,14)(H2,13,15,16). The van der Waals surface area contributed by atoms with Crippen LogP contribution in [0, 0.1) is 0 Å². The van der Waals surface area contributed by atoms with Crippen LogP contribution in [0.25, 0.3) is 0 Å². The van der Waals surface area contributed by atoms with Crippen molar-refractivity contribution in [2.75, 3.05) is 6.54 Å². The minimum atomic E-state index is 0.467. The molecule has 6 heteroatoms. The Morgan fingerprint density at radius 1 is 1.41 bits per heavy atom. The van der Waals surface area contributed by atoms with Crippen LogP contribution in [0.15, 0.2) is 35.4 Å². The molecule has 92 valence electrons. The second-order valence-corrected chi connectivity index (χ2v) is 4.60. The van der Waals surface area contributed by atoms with Gasteiger partial charge in [-0.1, -0.05) is 42.1 Å². The molecule has 0 aliphatic carbocycles. The van der Waals surface area contributed by atoms with Gasteiger partial charge in [-0.05, 0) is 24.7 Å². The highest BCUT2D eigenvalue weighted by molar-refractivity contribution is 8.13. The normalized spacial score (nSPS) is 11.0. The van der Waals surface area contributed by atoms with E-state index in [1.54, 1.807) is 0 Å². The van der Waals surface area contributed by atoms with E-state index in [4.69, 9.17) is 18.0 Å². The van der Waals surface area contributed by atoms with Gasteiger partial charge in [-0.3, -0.25) is 5.43 Å². The zero-order valence-corrected chi connectivity index (χ0v) is 11.3. The average Bonchev–Trinajstić information content (AvgIpc) is 2.35. The van der Waals surface area contributed by atoms with E-state index in [2.05, 4.69) is 28.0 Å². The van der Waals surface area contributed by atoms with Crippen LogP contribution in [0.1, 0.15) is 12.5 Å². The van der Waals surface area contributed by atoms with Crippen molar-refractivity contribution in [3.05, 3.63) is 35.9 Å². The second-order valence-electron chi connectivity index (χ2n) is 3.20. The van der Waals surface area contributed by atoms with E-state index in [1.807, 2.05) is 25.1 Å². The monoisotopic (exact) mass is 268 g/mol. The summed E-state index contributed by atoms with van der Waals surface area (Å²) in [6.45, 7) is 2.73. The van der Waals surface area contributed by atoms with E-state index in [1.165, 1.54) is 17.3 Å². The van der Waals surface area contributed by atoms with Gasteiger partial charge in [-0.25, -0.2) is 0 Å². The number of rotatable bonds is 4. The van der Waals surface area contributed by atoms with Crippen molar-refractivity contribution in [2.45, 2.75) is 12.7 Å². The molecule has 0 saturated carbocycles. The third kappa shape index (κ3) is 6.13. The third-order valence-electron chi connectivity index (χ3n) is 1.83.